The van der Waals surface area contributed by atoms with Crippen LogP contribution in [-0.2, 0) is 9.59 Å². The molecule has 0 radical (unpaired) electrons. The van der Waals surface area contributed by atoms with Gasteiger partial charge in [-0.2, -0.15) is 0 Å². The molecule has 4 aliphatic carbocycles. The summed E-state index contributed by atoms with van der Waals surface area (Å²) in [6.07, 6.45) is 5.14. The van der Waals surface area contributed by atoms with Gasteiger partial charge in [-0.25, -0.2) is 0 Å². The Kier molecular flexibility index (Phi) is 4.42. The second-order valence-electron chi connectivity index (χ2n) is 8.83. The summed E-state index contributed by atoms with van der Waals surface area (Å²) in [5, 5.41) is 12.7. The number of amides is 1. The van der Waals surface area contributed by atoms with Crippen molar-refractivity contribution in [2.24, 2.45) is 35.5 Å². The van der Waals surface area contributed by atoms with Gasteiger partial charge in [0, 0.05) is 5.69 Å². The molecule has 1 amide bonds. The van der Waals surface area contributed by atoms with Gasteiger partial charge in [-0.05, 0) is 79.3 Å². The third-order valence-corrected chi connectivity index (χ3v) is 6.99. The predicted octanol–water partition coefficient (Wildman–Crippen LogP) is 4.80. The zero-order valence-corrected chi connectivity index (χ0v) is 17.0. The molecular weight excluding hydrogens is 378 g/mol. The van der Waals surface area contributed by atoms with Gasteiger partial charge in [-0.1, -0.05) is 30.4 Å². The van der Waals surface area contributed by atoms with Crippen molar-refractivity contribution in [3.63, 3.8) is 0 Å². The van der Waals surface area contributed by atoms with E-state index in [1.165, 1.54) is 0 Å². The van der Waals surface area contributed by atoms with Gasteiger partial charge in [0.15, 0.2) is 0 Å². The van der Waals surface area contributed by atoms with E-state index in [4.69, 9.17) is 4.74 Å². The van der Waals surface area contributed by atoms with E-state index >= 15 is 0 Å². The van der Waals surface area contributed by atoms with Crippen molar-refractivity contribution in [1.29, 1.82) is 0 Å². The summed E-state index contributed by atoms with van der Waals surface area (Å²) in [6, 6.07) is 13.2. The van der Waals surface area contributed by atoms with Gasteiger partial charge < -0.3 is 15.2 Å². The number of para-hydroxylation sites is 1. The Morgan fingerprint density at radius 2 is 1.53 bits per heavy atom. The molecule has 0 saturated heterocycles. The van der Waals surface area contributed by atoms with Gasteiger partial charge in [0.25, 0.3) is 0 Å². The number of allylic oxidation sites excluding steroid dienone is 2. The van der Waals surface area contributed by atoms with Crippen LogP contribution >= 0.6 is 0 Å². The average Bonchev–Trinajstić information content (AvgIpc) is 3.54. The summed E-state index contributed by atoms with van der Waals surface area (Å²) in [4.78, 5) is 25.0. The van der Waals surface area contributed by atoms with Crippen molar-refractivity contribution in [1.82, 2.24) is 0 Å². The number of carbonyl (C=O) groups excluding carboxylic acids is 1. The fourth-order valence-electron chi connectivity index (χ4n) is 5.48. The zero-order chi connectivity index (χ0) is 21.0. The highest BCUT2D eigenvalue weighted by Gasteiger charge is 2.62. The predicted molar refractivity (Wildman–Crippen MR) is 113 cm³/mol. The van der Waals surface area contributed by atoms with Crippen molar-refractivity contribution in [3.8, 4) is 11.5 Å². The Labute approximate surface area is 175 Å². The number of aliphatic carboxylic acids is 1. The van der Waals surface area contributed by atoms with Crippen LogP contribution in [0.25, 0.3) is 0 Å². The van der Waals surface area contributed by atoms with Crippen LogP contribution in [0.1, 0.15) is 17.5 Å². The molecule has 2 fully saturated rings. The van der Waals surface area contributed by atoms with Gasteiger partial charge in [0.2, 0.25) is 5.91 Å². The number of ether oxygens (including phenoxy) is 1. The minimum Gasteiger partial charge on any atom is -0.481 e. The van der Waals surface area contributed by atoms with Crippen LogP contribution in [0.5, 0.6) is 11.5 Å². The quantitative estimate of drug-likeness (QED) is 0.703. The van der Waals surface area contributed by atoms with Crippen LogP contribution in [-0.4, -0.2) is 17.0 Å². The molecule has 2 N–H and O–H groups in total. The molecule has 4 aliphatic rings. The van der Waals surface area contributed by atoms with Crippen LogP contribution in [0, 0.1) is 49.4 Å². The first-order valence-electron chi connectivity index (χ1n) is 10.5. The van der Waals surface area contributed by atoms with Crippen molar-refractivity contribution in [2.75, 3.05) is 5.32 Å². The lowest BCUT2D eigenvalue weighted by molar-refractivity contribution is -0.152. The second-order valence-corrected chi connectivity index (χ2v) is 8.83. The van der Waals surface area contributed by atoms with Crippen LogP contribution in [0.3, 0.4) is 0 Å². The van der Waals surface area contributed by atoms with E-state index in [-0.39, 0.29) is 17.7 Å². The normalized spacial score (nSPS) is 30.5. The maximum Gasteiger partial charge on any atom is 0.307 e. The molecule has 0 heterocycles. The van der Waals surface area contributed by atoms with Crippen LogP contribution in [0.2, 0.25) is 0 Å². The molecule has 6 rings (SSSR count). The fourth-order valence-corrected chi connectivity index (χ4v) is 5.48. The van der Waals surface area contributed by atoms with Gasteiger partial charge in [-0.3, -0.25) is 9.59 Å². The van der Waals surface area contributed by atoms with Crippen LogP contribution in [0.15, 0.2) is 54.6 Å². The molecule has 6 atom stereocenters. The van der Waals surface area contributed by atoms with Gasteiger partial charge >= 0.3 is 5.97 Å². The van der Waals surface area contributed by atoms with Gasteiger partial charge in [-0.15, -0.1) is 0 Å². The number of rotatable bonds is 5. The number of carboxylic acids is 1. The molecule has 0 aromatic heterocycles. The summed E-state index contributed by atoms with van der Waals surface area (Å²) < 4.78 is 6.03. The SMILES string of the molecule is Cc1cccc(C)c1Oc1ccc(NC(=O)[C@@H]2[C@H]3C=C[C@@H]([C@@H]4C[C@@H]34)[C@@H]2C(=O)O)cc1. The molecule has 2 aromatic rings. The topological polar surface area (TPSA) is 75.6 Å². The van der Waals surface area contributed by atoms with Crippen LogP contribution in [0.4, 0.5) is 5.69 Å². The lowest BCUT2D eigenvalue weighted by atomic mass is 9.62. The standard InChI is InChI=1S/C25H25NO4/c1-13-4-3-5-14(2)23(13)30-16-8-6-15(7-9-16)26-24(27)21-17-10-11-18(20-12-19(17)20)22(21)25(28)29/h3-11,17-22H,12H2,1-2H3,(H,26,27)(H,28,29)/t17-,18-,19-,20-,21+,22-/m0/s1. The first-order chi connectivity index (χ1) is 14.4. The van der Waals surface area contributed by atoms with E-state index < -0.39 is 17.8 Å². The molecule has 2 aromatic carbocycles. The smallest absolute Gasteiger partial charge is 0.307 e. The number of carbonyl (C=O) groups is 2. The highest BCUT2D eigenvalue weighted by atomic mass is 16.5. The lowest BCUT2D eigenvalue weighted by Gasteiger charge is -2.41. The third kappa shape index (κ3) is 3.09. The summed E-state index contributed by atoms with van der Waals surface area (Å²) in [5.41, 5.74) is 2.77. The number of aryl methyl sites for hydroxylation is 2. The summed E-state index contributed by atoms with van der Waals surface area (Å²) >= 11 is 0. The Balaban J connectivity index is 1.31. The molecule has 0 spiro atoms. The monoisotopic (exact) mass is 403 g/mol. The third-order valence-electron chi connectivity index (χ3n) is 6.99. The molecule has 0 aliphatic heterocycles. The van der Waals surface area contributed by atoms with Crippen LogP contribution < -0.4 is 10.1 Å². The zero-order valence-electron chi connectivity index (χ0n) is 17.0. The number of hydrogen-bond acceptors (Lipinski definition) is 3. The maximum atomic E-state index is 13.1. The number of anilines is 1. The minimum atomic E-state index is -0.864. The molecule has 2 bridgehead atoms. The van der Waals surface area contributed by atoms with E-state index in [9.17, 15) is 14.7 Å². The number of fused-ring (bicyclic) bond motifs is 1. The van der Waals surface area contributed by atoms with Crippen molar-refractivity contribution in [2.45, 2.75) is 20.3 Å². The van der Waals surface area contributed by atoms with Gasteiger partial charge in [0.1, 0.15) is 11.5 Å². The first-order valence-corrected chi connectivity index (χ1v) is 10.5. The summed E-state index contributed by atoms with van der Waals surface area (Å²) in [5.74, 6) is 0.270. The Morgan fingerprint density at radius 1 is 0.933 bits per heavy atom. The van der Waals surface area contributed by atoms with E-state index in [0.29, 0.717) is 23.3 Å². The molecule has 154 valence electrons. The molecule has 30 heavy (non-hydrogen) atoms. The molecule has 2 saturated carbocycles. The van der Waals surface area contributed by atoms with E-state index in [1.54, 1.807) is 12.1 Å². The van der Waals surface area contributed by atoms with E-state index in [1.807, 2.05) is 50.3 Å². The Hall–Kier alpha value is -3.08. The average molecular weight is 403 g/mol. The number of benzene rings is 2. The highest BCUT2D eigenvalue weighted by molar-refractivity contribution is 5.96. The van der Waals surface area contributed by atoms with Crippen molar-refractivity contribution >= 4 is 17.6 Å². The van der Waals surface area contributed by atoms with E-state index in [2.05, 4.69) is 11.4 Å². The molecule has 0 unspecified atom stereocenters. The first kappa shape index (κ1) is 18.9. The Morgan fingerprint density at radius 3 is 2.13 bits per heavy atom. The lowest BCUT2D eigenvalue weighted by Crippen LogP contribution is -2.48. The van der Waals surface area contributed by atoms with Gasteiger partial charge in [0.05, 0.1) is 11.8 Å². The molecular formula is C25H25NO4. The number of hydrogen-bond donors (Lipinski definition) is 2. The fraction of sp³-hybridized carbons (Fsp3) is 0.360. The van der Waals surface area contributed by atoms with Crippen molar-refractivity contribution < 1.29 is 19.4 Å². The highest BCUT2D eigenvalue weighted by Crippen LogP contribution is 2.63. The number of nitrogens with one attached hydrogen (secondary N) is 1. The van der Waals surface area contributed by atoms with E-state index in [0.717, 1.165) is 23.3 Å². The Bertz CT molecular complexity index is 1020. The summed E-state index contributed by atoms with van der Waals surface area (Å²) in [6.45, 7) is 4.01. The second kappa shape index (κ2) is 7.01. The maximum absolute atomic E-state index is 13.1. The molecule has 5 heteroatoms. The number of carboxylic acid groups (broad SMARTS) is 1. The minimum absolute atomic E-state index is 0.0126. The van der Waals surface area contributed by atoms with Crippen molar-refractivity contribution in [3.05, 3.63) is 65.7 Å². The molecule has 5 nitrogen and oxygen atoms in total. The largest absolute Gasteiger partial charge is 0.481 e. The summed E-state index contributed by atoms with van der Waals surface area (Å²) in [7, 11) is 0.